The fourth-order valence-corrected chi connectivity index (χ4v) is 3.47. The van der Waals surface area contributed by atoms with Gasteiger partial charge in [-0.05, 0) is 59.8 Å². The minimum absolute atomic E-state index is 0.145. The molecule has 0 radical (unpaired) electrons. The number of amides is 1. The first-order chi connectivity index (χ1) is 14.6. The highest BCUT2D eigenvalue weighted by atomic mass is 19.1. The molecule has 1 amide bonds. The van der Waals surface area contributed by atoms with E-state index in [0.29, 0.717) is 44.9 Å². The van der Waals surface area contributed by atoms with Gasteiger partial charge in [0.15, 0.2) is 5.82 Å². The van der Waals surface area contributed by atoms with Crippen molar-refractivity contribution in [2.24, 2.45) is 0 Å². The molecule has 0 N–H and O–H groups in total. The summed E-state index contributed by atoms with van der Waals surface area (Å²) in [7, 11) is 0. The second-order valence-electron chi connectivity index (χ2n) is 7.01. The Kier molecular flexibility index (Phi) is 5.99. The predicted molar refractivity (Wildman–Crippen MR) is 108 cm³/mol. The number of carbonyl (C=O) groups excluding carboxylic acids is 1. The van der Waals surface area contributed by atoms with Crippen molar-refractivity contribution in [2.75, 3.05) is 32.8 Å². The SMILES string of the molecule is CCOc1ccc(-n2nnnc2CN2CCN(C(=O)c3cccc(F)c3)CC2)cc1. The standard InChI is InChI=1S/C21H23FN6O2/c1-2-30-19-8-6-18(7-9-19)28-20(23-24-25-28)15-26-10-12-27(13-11-26)21(29)16-4-3-5-17(22)14-16/h3-9,14H,2,10-13,15H2,1H3. The molecule has 3 aromatic rings. The third kappa shape index (κ3) is 4.46. The van der Waals surface area contributed by atoms with Gasteiger partial charge in [0.2, 0.25) is 0 Å². The molecule has 0 saturated carbocycles. The molecule has 0 atom stereocenters. The molecular formula is C21H23FN6O2. The molecule has 1 aliphatic heterocycles. The van der Waals surface area contributed by atoms with E-state index < -0.39 is 5.82 Å². The van der Waals surface area contributed by atoms with E-state index in [1.807, 2.05) is 31.2 Å². The zero-order valence-electron chi connectivity index (χ0n) is 16.7. The number of nitrogens with zero attached hydrogens (tertiary/aromatic N) is 6. The lowest BCUT2D eigenvalue weighted by Crippen LogP contribution is -2.48. The average Bonchev–Trinajstić information content (AvgIpc) is 3.23. The van der Waals surface area contributed by atoms with Crippen molar-refractivity contribution in [3.05, 3.63) is 65.7 Å². The molecule has 8 nitrogen and oxygen atoms in total. The van der Waals surface area contributed by atoms with Gasteiger partial charge in [0, 0.05) is 31.7 Å². The largest absolute Gasteiger partial charge is 0.494 e. The predicted octanol–water partition coefficient (Wildman–Crippen LogP) is 2.16. The maximum absolute atomic E-state index is 13.4. The lowest BCUT2D eigenvalue weighted by molar-refractivity contribution is 0.0624. The molecule has 0 aliphatic carbocycles. The number of ether oxygens (including phenoxy) is 1. The number of rotatable bonds is 6. The van der Waals surface area contributed by atoms with Crippen LogP contribution >= 0.6 is 0 Å². The summed E-state index contributed by atoms with van der Waals surface area (Å²) in [6, 6.07) is 13.4. The van der Waals surface area contributed by atoms with Gasteiger partial charge < -0.3 is 9.64 Å². The zero-order valence-corrected chi connectivity index (χ0v) is 16.7. The summed E-state index contributed by atoms with van der Waals surface area (Å²) in [5.41, 5.74) is 1.24. The van der Waals surface area contributed by atoms with Crippen molar-refractivity contribution >= 4 is 5.91 Å². The second-order valence-corrected chi connectivity index (χ2v) is 7.01. The molecule has 0 spiro atoms. The number of hydrogen-bond donors (Lipinski definition) is 0. The van der Waals surface area contributed by atoms with Crippen LogP contribution in [0.2, 0.25) is 0 Å². The molecule has 1 aliphatic rings. The molecule has 1 fully saturated rings. The summed E-state index contributed by atoms with van der Waals surface area (Å²) >= 11 is 0. The second kappa shape index (κ2) is 9.00. The summed E-state index contributed by atoms with van der Waals surface area (Å²) in [4.78, 5) is 16.5. The monoisotopic (exact) mass is 410 g/mol. The average molecular weight is 410 g/mol. The molecule has 30 heavy (non-hydrogen) atoms. The number of piperazine rings is 1. The van der Waals surface area contributed by atoms with Crippen molar-refractivity contribution in [2.45, 2.75) is 13.5 Å². The summed E-state index contributed by atoms with van der Waals surface area (Å²) in [5, 5.41) is 12.1. The topological polar surface area (TPSA) is 76.4 Å². The Balaban J connectivity index is 1.37. The number of halogens is 1. The normalized spacial score (nSPS) is 14.7. The maximum Gasteiger partial charge on any atom is 0.254 e. The highest BCUT2D eigenvalue weighted by Gasteiger charge is 2.24. The Morgan fingerprint density at radius 2 is 1.87 bits per heavy atom. The van der Waals surface area contributed by atoms with Gasteiger partial charge in [0.05, 0.1) is 18.8 Å². The Bertz CT molecular complexity index is 999. The van der Waals surface area contributed by atoms with E-state index in [-0.39, 0.29) is 5.91 Å². The first-order valence-electron chi connectivity index (χ1n) is 9.91. The van der Waals surface area contributed by atoms with Crippen LogP contribution in [0.15, 0.2) is 48.5 Å². The number of benzene rings is 2. The van der Waals surface area contributed by atoms with Crippen LogP contribution in [0.1, 0.15) is 23.1 Å². The third-order valence-electron chi connectivity index (χ3n) is 5.02. The minimum atomic E-state index is -0.402. The molecule has 1 saturated heterocycles. The summed E-state index contributed by atoms with van der Waals surface area (Å²) in [6.07, 6.45) is 0. The van der Waals surface area contributed by atoms with Crippen molar-refractivity contribution in [1.82, 2.24) is 30.0 Å². The van der Waals surface area contributed by atoms with Crippen LogP contribution in [0.4, 0.5) is 4.39 Å². The molecule has 1 aromatic heterocycles. The van der Waals surface area contributed by atoms with Gasteiger partial charge in [0.25, 0.3) is 5.91 Å². The molecule has 156 valence electrons. The van der Waals surface area contributed by atoms with E-state index in [0.717, 1.165) is 17.3 Å². The number of carbonyl (C=O) groups is 1. The third-order valence-corrected chi connectivity index (χ3v) is 5.02. The van der Waals surface area contributed by atoms with Crippen LogP contribution in [-0.4, -0.2) is 68.7 Å². The van der Waals surface area contributed by atoms with Gasteiger partial charge in [0.1, 0.15) is 11.6 Å². The summed E-state index contributed by atoms with van der Waals surface area (Å²) < 4.78 is 20.6. The molecule has 4 rings (SSSR count). The molecule has 9 heteroatoms. The van der Waals surface area contributed by atoms with E-state index in [4.69, 9.17) is 4.74 Å². The van der Waals surface area contributed by atoms with Crippen molar-refractivity contribution in [3.63, 3.8) is 0 Å². The Morgan fingerprint density at radius 3 is 2.57 bits per heavy atom. The van der Waals surface area contributed by atoms with E-state index in [1.165, 1.54) is 12.1 Å². The van der Waals surface area contributed by atoms with Crippen molar-refractivity contribution in [3.8, 4) is 11.4 Å². The lowest BCUT2D eigenvalue weighted by atomic mass is 10.1. The number of hydrogen-bond acceptors (Lipinski definition) is 6. The van der Waals surface area contributed by atoms with Gasteiger partial charge in [-0.25, -0.2) is 4.39 Å². The van der Waals surface area contributed by atoms with E-state index in [2.05, 4.69) is 20.4 Å². The Morgan fingerprint density at radius 1 is 1.10 bits per heavy atom. The molecule has 0 unspecified atom stereocenters. The van der Waals surface area contributed by atoms with Crippen molar-refractivity contribution in [1.29, 1.82) is 0 Å². The first-order valence-corrected chi connectivity index (χ1v) is 9.91. The quantitative estimate of drug-likeness (QED) is 0.620. The van der Waals surface area contributed by atoms with E-state index in [1.54, 1.807) is 21.7 Å². The molecule has 2 heterocycles. The highest BCUT2D eigenvalue weighted by Crippen LogP contribution is 2.17. The van der Waals surface area contributed by atoms with Gasteiger partial charge in [-0.1, -0.05) is 6.07 Å². The van der Waals surface area contributed by atoms with E-state index in [9.17, 15) is 9.18 Å². The van der Waals surface area contributed by atoms with Crippen LogP contribution < -0.4 is 4.74 Å². The highest BCUT2D eigenvalue weighted by molar-refractivity contribution is 5.94. The zero-order chi connectivity index (χ0) is 20.9. The Labute approximate surface area is 173 Å². The van der Waals surface area contributed by atoms with Crippen LogP contribution in [0.3, 0.4) is 0 Å². The van der Waals surface area contributed by atoms with Crippen LogP contribution in [-0.2, 0) is 6.54 Å². The molecule has 0 bridgehead atoms. The molecule has 2 aromatic carbocycles. The Hall–Kier alpha value is -3.33. The van der Waals surface area contributed by atoms with Crippen molar-refractivity contribution < 1.29 is 13.9 Å². The summed E-state index contributed by atoms with van der Waals surface area (Å²) in [5.74, 6) is 0.980. The first kappa shape index (κ1) is 20.0. The van der Waals surface area contributed by atoms with Crippen LogP contribution in [0.5, 0.6) is 5.75 Å². The smallest absolute Gasteiger partial charge is 0.254 e. The molecular weight excluding hydrogens is 387 g/mol. The minimum Gasteiger partial charge on any atom is -0.494 e. The van der Waals surface area contributed by atoms with Crippen LogP contribution in [0, 0.1) is 5.82 Å². The number of aromatic nitrogens is 4. The fraction of sp³-hybridized carbons (Fsp3) is 0.333. The van der Waals surface area contributed by atoms with Gasteiger partial charge in [-0.15, -0.1) is 5.10 Å². The van der Waals surface area contributed by atoms with Crippen LogP contribution in [0.25, 0.3) is 5.69 Å². The lowest BCUT2D eigenvalue weighted by Gasteiger charge is -2.34. The van der Waals surface area contributed by atoms with Gasteiger partial charge in [-0.2, -0.15) is 4.68 Å². The maximum atomic E-state index is 13.4. The number of tetrazole rings is 1. The van der Waals surface area contributed by atoms with E-state index >= 15 is 0 Å². The van der Waals surface area contributed by atoms with Gasteiger partial charge >= 0.3 is 0 Å². The fourth-order valence-electron chi connectivity index (χ4n) is 3.47. The van der Waals surface area contributed by atoms with Gasteiger partial charge in [-0.3, -0.25) is 9.69 Å². The summed E-state index contributed by atoms with van der Waals surface area (Å²) in [6.45, 7) is 5.65.